The van der Waals surface area contributed by atoms with Crippen LogP contribution < -0.4 is 10.1 Å². The highest BCUT2D eigenvalue weighted by Crippen LogP contribution is 2.16. The summed E-state index contributed by atoms with van der Waals surface area (Å²) in [5.41, 5.74) is 1.88. The van der Waals surface area contributed by atoms with E-state index in [2.05, 4.69) is 10.3 Å². The summed E-state index contributed by atoms with van der Waals surface area (Å²) < 4.78 is 18.7. The predicted octanol–water partition coefficient (Wildman–Crippen LogP) is 2.52. The summed E-state index contributed by atoms with van der Waals surface area (Å²) in [6.07, 6.45) is 1.79. The topological polar surface area (TPSA) is 34.1 Å². The highest BCUT2D eigenvalue weighted by atomic mass is 19.1. The number of ether oxygens (including phenoxy) is 1. The van der Waals surface area contributed by atoms with Crippen LogP contribution in [0.1, 0.15) is 11.3 Å². The zero-order valence-electron chi connectivity index (χ0n) is 10.2. The van der Waals surface area contributed by atoms with Crippen LogP contribution in [0.2, 0.25) is 0 Å². The molecule has 2 aromatic rings. The van der Waals surface area contributed by atoms with E-state index in [1.807, 2.05) is 19.2 Å². The van der Waals surface area contributed by atoms with E-state index in [-0.39, 0.29) is 18.2 Å². The van der Waals surface area contributed by atoms with Gasteiger partial charge in [0.05, 0.1) is 5.69 Å². The van der Waals surface area contributed by atoms with Crippen LogP contribution in [-0.4, -0.2) is 12.0 Å². The third kappa shape index (κ3) is 3.28. The Balaban J connectivity index is 1.96. The standard InChI is InChI=1S/C14H15FN2O/c1-16-8-11-6-7-12(17-9-11)10-18-14-5-3-2-4-13(14)15/h2-7,9,16H,8,10H2,1H3. The number of hydrogen-bond acceptors (Lipinski definition) is 3. The van der Waals surface area contributed by atoms with Gasteiger partial charge in [0.25, 0.3) is 0 Å². The molecule has 0 unspecified atom stereocenters. The van der Waals surface area contributed by atoms with Gasteiger partial charge in [-0.3, -0.25) is 4.98 Å². The largest absolute Gasteiger partial charge is 0.484 e. The van der Waals surface area contributed by atoms with Gasteiger partial charge in [0, 0.05) is 12.7 Å². The Morgan fingerprint density at radius 1 is 1.22 bits per heavy atom. The highest BCUT2D eigenvalue weighted by Gasteiger charge is 2.02. The quantitative estimate of drug-likeness (QED) is 0.880. The van der Waals surface area contributed by atoms with Crippen LogP contribution >= 0.6 is 0 Å². The molecule has 2 rings (SSSR count). The summed E-state index contributed by atoms with van der Waals surface area (Å²) in [6.45, 7) is 1.04. The summed E-state index contributed by atoms with van der Waals surface area (Å²) in [7, 11) is 1.88. The van der Waals surface area contributed by atoms with E-state index in [1.165, 1.54) is 6.07 Å². The van der Waals surface area contributed by atoms with Gasteiger partial charge in [-0.15, -0.1) is 0 Å². The number of halogens is 1. The van der Waals surface area contributed by atoms with Gasteiger partial charge in [-0.05, 0) is 30.8 Å². The minimum absolute atomic E-state index is 0.249. The second-order valence-electron chi connectivity index (χ2n) is 3.91. The maximum atomic E-state index is 13.3. The Kier molecular flexibility index (Phi) is 4.25. The number of hydrogen-bond donors (Lipinski definition) is 1. The van der Waals surface area contributed by atoms with Gasteiger partial charge < -0.3 is 10.1 Å². The molecule has 0 aliphatic rings. The van der Waals surface area contributed by atoms with Crippen molar-refractivity contribution in [1.82, 2.24) is 10.3 Å². The zero-order valence-corrected chi connectivity index (χ0v) is 10.2. The summed E-state index contributed by atoms with van der Waals surface area (Å²) in [5, 5.41) is 3.05. The van der Waals surface area contributed by atoms with Crippen molar-refractivity contribution in [1.29, 1.82) is 0 Å². The fourth-order valence-electron chi connectivity index (χ4n) is 1.56. The van der Waals surface area contributed by atoms with Crippen LogP contribution in [0.5, 0.6) is 5.75 Å². The minimum atomic E-state index is -0.357. The molecular weight excluding hydrogens is 231 g/mol. The number of rotatable bonds is 5. The number of nitrogens with zero attached hydrogens (tertiary/aromatic N) is 1. The van der Waals surface area contributed by atoms with Crippen LogP contribution in [0.15, 0.2) is 42.6 Å². The van der Waals surface area contributed by atoms with Gasteiger partial charge in [0.2, 0.25) is 0 Å². The lowest BCUT2D eigenvalue weighted by atomic mass is 10.2. The fourth-order valence-corrected chi connectivity index (χ4v) is 1.56. The lowest BCUT2D eigenvalue weighted by Gasteiger charge is -2.07. The molecule has 94 valence electrons. The van der Waals surface area contributed by atoms with Gasteiger partial charge >= 0.3 is 0 Å². The average Bonchev–Trinajstić information content (AvgIpc) is 2.40. The molecule has 0 aliphatic carbocycles. The van der Waals surface area contributed by atoms with Crippen molar-refractivity contribution in [3.05, 3.63) is 59.7 Å². The van der Waals surface area contributed by atoms with Crippen LogP contribution in [0.25, 0.3) is 0 Å². The number of nitrogens with one attached hydrogen (secondary N) is 1. The van der Waals surface area contributed by atoms with Gasteiger partial charge in [-0.2, -0.15) is 0 Å². The van der Waals surface area contributed by atoms with Crippen molar-refractivity contribution >= 4 is 0 Å². The molecule has 0 amide bonds. The van der Waals surface area contributed by atoms with Gasteiger partial charge in [-0.1, -0.05) is 18.2 Å². The first kappa shape index (κ1) is 12.5. The van der Waals surface area contributed by atoms with E-state index >= 15 is 0 Å². The molecule has 0 saturated heterocycles. The van der Waals surface area contributed by atoms with E-state index in [4.69, 9.17) is 4.74 Å². The Labute approximate surface area is 106 Å². The number of benzene rings is 1. The molecule has 0 atom stereocenters. The fraction of sp³-hybridized carbons (Fsp3) is 0.214. The maximum absolute atomic E-state index is 13.3. The summed E-state index contributed by atoms with van der Waals surface area (Å²) in [6, 6.07) is 10.2. The second-order valence-corrected chi connectivity index (χ2v) is 3.91. The molecular formula is C14H15FN2O. The van der Waals surface area contributed by atoms with Crippen LogP contribution in [0.4, 0.5) is 4.39 Å². The van der Waals surface area contributed by atoms with E-state index < -0.39 is 0 Å². The summed E-state index contributed by atoms with van der Waals surface area (Å²) in [5.74, 6) is -0.108. The van der Waals surface area contributed by atoms with Crippen LogP contribution in [-0.2, 0) is 13.2 Å². The Bertz CT molecular complexity index is 499. The van der Waals surface area contributed by atoms with E-state index in [0.717, 1.165) is 17.8 Å². The molecule has 0 fully saturated rings. The van der Waals surface area contributed by atoms with Crippen molar-refractivity contribution in [3.63, 3.8) is 0 Å². The smallest absolute Gasteiger partial charge is 0.165 e. The van der Waals surface area contributed by atoms with E-state index in [1.54, 1.807) is 24.4 Å². The van der Waals surface area contributed by atoms with Gasteiger partial charge in [0.15, 0.2) is 11.6 Å². The van der Waals surface area contributed by atoms with Crippen molar-refractivity contribution in [2.45, 2.75) is 13.2 Å². The lowest BCUT2D eigenvalue weighted by Crippen LogP contribution is -2.06. The van der Waals surface area contributed by atoms with Crippen molar-refractivity contribution in [2.24, 2.45) is 0 Å². The third-order valence-electron chi connectivity index (χ3n) is 2.48. The molecule has 3 nitrogen and oxygen atoms in total. The van der Waals surface area contributed by atoms with Crippen LogP contribution in [0.3, 0.4) is 0 Å². The Morgan fingerprint density at radius 3 is 2.72 bits per heavy atom. The summed E-state index contributed by atoms with van der Waals surface area (Å²) >= 11 is 0. The molecule has 1 aromatic carbocycles. The van der Waals surface area contributed by atoms with Gasteiger partial charge in [0.1, 0.15) is 6.61 Å². The third-order valence-corrected chi connectivity index (χ3v) is 2.48. The molecule has 0 radical (unpaired) electrons. The number of pyridine rings is 1. The molecule has 1 heterocycles. The lowest BCUT2D eigenvalue weighted by molar-refractivity contribution is 0.286. The first-order chi connectivity index (χ1) is 8.79. The maximum Gasteiger partial charge on any atom is 0.165 e. The van der Waals surface area contributed by atoms with Gasteiger partial charge in [-0.25, -0.2) is 4.39 Å². The minimum Gasteiger partial charge on any atom is -0.484 e. The Hall–Kier alpha value is -1.94. The van der Waals surface area contributed by atoms with Crippen molar-refractivity contribution in [2.75, 3.05) is 7.05 Å². The van der Waals surface area contributed by atoms with Crippen molar-refractivity contribution in [3.8, 4) is 5.75 Å². The SMILES string of the molecule is CNCc1ccc(COc2ccccc2F)nc1. The molecule has 1 aromatic heterocycles. The van der Waals surface area contributed by atoms with Crippen LogP contribution in [0, 0.1) is 5.82 Å². The first-order valence-corrected chi connectivity index (χ1v) is 5.75. The molecule has 0 spiro atoms. The molecule has 4 heteroatoms. The average molecular weight is 246 g/mol. The molecule has 0 saturated carbocycles. The van der Waals surface area contributed by atoms with Crippen molar-refractivity contribution < 1.29 is 9.13 Å². The number of aromatic nitrogens is 1. The molecule has 18 heavy (non-hydrogen) atoms. The first-order valence-electron chi connectivity index (χ1n) is 5.75. The molecule has 0 bridgehead atoms. The zero-order chi connectivity index (χ0) is 12.8. The second kappa shape index (κ2) is 6.12. The highest BCUT2D eigenvalue weighted by molar-refractivity contribution is 5.24. The number of para-hydroxylation sites is 1. The summed E-state index contributed by atoms with van der Waals surface area (Å²) in [4.78, 5) is 4.25. The predicted molar refractivity (Wildman–Crippen MR) is 67.7 cm³/mol. The molecule has 1 N–H and O–H groups in total. The van der Waals surface area contributed by atoms with E-state index in [0.29, 0.717) is 0 Å². The normalized spacial score (nSPS) is 10.3. The van der Waals surface area contributed by atoms with E-state index in [9.17, 15) is 4.39 Å². The monoisotopic (exact) mass is 246 g/mol. The molecule has 0 aliphatic heterocycles. The Morgan fingerprint density at radius 2 is 2.06 bits per heavy atom.